The summed E-state index contributed by atoms with van der Waals surface area (Å²) in [4.78, 5) is 4.44. The summed E-state index contributed by atoms with van der Waals surface area (Å²) in [5.74, 6) is 0.305. The number of anilines is 2. The number of aromatic nitrogens is 3. The van der Waals surface area contributed by atoms with Crippen LogP contribution in [-0.2, 0) is 35.5 Å². The fraction of sp³-hybridized carbons (Fsp3) is 0.300. The molecule has 2 aromatic carbocycles. The summed E-state index contributed by atoms with van der Waals surface area (Å²) in [6.45, 7) is 0. The van der Waals surface area contributed by atoms with E-state index in [1.807, 2.05) is 0 Å². The molecule has 2 N–H and O–H groups in total. The van der Waals surface area contributed by atoms with Crippen molar-refractivity contribution in [1.29, 1.82) is 0 Å². The van der Waals surface area contributed by atoms with Crippen LogP contribution >= 0.6 is 0 Å². The van der Waals surface area contributed by atoms with Crippen LogP contribution in [0.5, 0.6) is 0 Å². The Labute approximate surface area is 158 Å². The molecule has 0 unspecified atom stereocenters. The summed E-state index contributed by atoms with van der Waals surface area (Å²) in [5, 5.41) is 9.91. The lowest BCUT2D eigenvalue weighted by atomic mass is 9.99. The molecule has 2 aliphatic rings. The zero-order valence-electron chi connectivity index (χ0n) is 14.8. The molecule has 0 saturated heterocycles. The number of H-pyrrole nitrogens is 1. The predicted octanol–water partition coefficient (Wildman–Crippen LogP) is 3.36. The van der Waals surface area contributed by atoms with Gasteiger partial charge < -0.3 is 5.32 Å². The molecular formula is C20H20N4O2S. The molecule has 1 heterocycles. The molecule has 0 atom stereocenters. The van der Waals surface area contributed by atoms with Gasteiger partial charge in [-0.25, -0.2) is 13.5 Å². The van der Waals surface area contributed by atoms with Crippen LogP contribution in [-0.4, -0.2) is 23.6 Å². The van der Waals surface area contributed by atoms with Crippen LogP contribution < -0.4 is 5.32 Å². The van der Waals surface area contributed by atoms with Gasteiger partial charge in [-0.15, -0.1) is 5.10 Å². The Morgan fingerprint density at radius 1 is 0.926 bits per heavy atom. The van der Waals surface area contributed by atoms with Crippen molar-refractivity contribution >= 4 is 21.5 Å². The molecule has 1 aromatic heterocycles. The molecule has 138 valence electrons. The number of rotatable bonds is 4. The highest BCUT2D eigenvalue weighted by Gasteiger charge is 2.26. The van der Waals surface area contributed by atoms with Crippen molar-refractivity contribution < 1.29 is 8.42 Å². The first-order valence-electron chi connectivity index (χ1n) is 9.29. The molecule has 0 bridgehead atoms. The average Bonchev–Trinajstić information content (AvgIpc) is 3.42. The number of hydrogen-bond acceptors (Lipinski definition) is 5. The van der Waals surface area contributed by atoms with E-state index in [0.29, 0.717) is 5.95 Å². The second-order valence-corrected chi connectivity index (χ2v) is 9.00. The van der Waals surface area contributed by atoms with Crippen LogP contribution in [0.25, 0.3) is 0 Å². The zero-order chi connectivity index (χ0) is 18.4. The maximum absolute atomic E-state index is 12.7. The first kappa shape index (κ1) is 16.5. The van der Waals surface area contributed by atoms with Crippen molar-refractivity contribution in [3.8, 4) is 0 Å². The Morgan fingerprint density at radius 2 is 1.59 bits per heavy atom. The Kier molecular flexibility index (Phi) is 3.79. The summed E-state index contributed by atoms with van der Waals surface area (Å²) < 4.78 is 25.4. The van der Waals surface area contributed by atoms with Gasteiger partial charge in [0.05, 0.1) is 4.90 Å². The highest BCUT2D eigenvalue weighted by molar-refractivity contribution is 7.91. The van der Waals surface area contributed by atoms with E-state index in [9.17, 15) is 8.42 Å². The molecule has 5 rings (SSSR count). The molecule has 7 heteroatoms. The third kappa shape index (κ3) is 2.73. The van der Waals surface area contributed by atoms with Gasteiger partial charge in [-0.05, 0) is 72.9 Å². The molecular weight excluding hydrogens is 360 g/mol. The summed E-state index contributed by atoms with van der Waals surface area (Å²) >= 11 is 0. The van der Waals surface area contributed by atoms with E-state index in [2.05, 4.69) is 26.6 Å². The highest BCUT2D eigenvalue weighted by atomic mass is 32.2. The van der Waals surface area contributed by atoms with Gasteiger partial charge in [0.1, 0.15) is 0 Å². The van der Waals surface area contributed by atoms with Crippen molar-refractivity contribution in [2.24, 2.45) is 0 Å². The predicted molar refractivity (Wildman–Crippen MR) is 102 cm³/mol. The van der Waals surface area contributed by atoms with Gasteiger partial charge >= 0.3 is 0 Å². The number of nitrogens with one attached hydrogen (secondary N) is 2. The van der Waals surface area contributed by atoms with Crippen molar-refractivity contribution in [1.82, 2.24) is 15.2 Å². The molecule has 27 heavy (non-hydrogen) atoms. The topological polar surface area (TPSA) is 87.7 Å². The molecule has 6 nitrogen and oxygen atoms in total. The Hall–Kier alpha value is -2.67. The number of hydrogen-bond donors (Lipinski definition) is 2. The summed E-state index contributed by atoms with van der Waals surface area (Å²) in [6.07, 6.45) is 6.63. The second kappa shape index (κ2) is 6.20. The monoisotopic (exact) mass is 380 g/mol. The summed E-state index contributed by atoms with van der Waals surface area (Å²) in [6, 6.07) is 10.6. The van der Waals surface area contributed by atoms with Crippen LogP contribution in [0.1, 0.15) is 35.1 Å². The number of nitrogens with zero attached hydrogens (tertiary/aromatic N) is 2. The van der Waals surface area contributed by atoms with Crippen molar-refractivity contribution in [3.05, 3.63) is 58.7 Å². The SMILES string of the molecule is O=S(=O)(c1ccccc1)c1nc(Nc2c3c(cc4c2CCC4)CCC3)n[nH]1. The quantitative estimate of drug-likeness (QED) is 0.725. The molecule has 2 aliphatic carbocycles. The van der Waals surface area contributed by atoms with Crippen molar-refractivity contribution in [2.75, 3.05) is 5.32 Å². The standard InChI is InChI=1S/C20H20N4O2S/c25-27(26,15-8-2-1-3-9-15)20-22-19(23-24-20)21-18-16-10-4-6-13(16)12-14-7-5-11-17(14)18/h1-3,8-9,12H,4-7,10-11H2,(H2,21,22,23,24). The minimum absolute atomic E-state index is 0.138. The van der Waals surface area contributed by atoms with Gasteiger partial charge in [-0.3, -0.25) is 0 Å². The Morgan fingerprint density at radius 3 is 2.26 bits per heavy atom. The van der Waals surface area contributed by atoms with Gasteiger partial charge in [-0.1, -0.05) is 24.3 Å². The number of fused-ring (bicyclic) bond motifs is 2. The van der Waals surface area contributed by atoms with Gasteiger partial charge in [0.25, 0.3) is 0 Å². The first-order valence-corrected chi connectivity index (χ1v) is 10.8. The van der Waals surface area contributed by atoms with E-state index >= 15 is 0 Å². The van der Waals surface area contributed by atoms with E-state index < -0.39 is 9.84 Å². The minimum Gasteiger partial charge on any atom is -0.322 e. The maximum atomic E-state index is 12.7. The minimum atomic E-state index is -3.70. The van der Waals surface area contributed by atoms with Gasteiger partial charge in [-0.2, -0.15) is 4.98 Å². The van der Waals surface area contributed by atoms with E-state index in [0.717, 1.165) is 44.2 Å². The first-order chi connectivity index (χ1) is 13.1. The van der Waals surface area contributed by atoms with Gasteiger partial charge in [0, 0.05) is 5.69 Å². The number of aromatic amines is 1. The van der Waals surface area contributed by atoms with E-state index in [-0.39, 0.29) is 10.1 Å². The third-order valence-electron chi connectivity index (χ3n) is 5.48. The van der Waals surface area contributed by atoms with E-state index in [4.69, 9.17) is 0 Å². The molecule has 0 amide bonds. The average molecular weight is 380 g/mol. The van der Waals surface area contributed by atoms with Crippen LogP contribution in [0, 0.1) is 0 Å². The van der Waals surface area contributed by atoms with Gasteiger partial charge in [0.2, 0.25) is 20.9 Å². The van der Waals surface area contributed by atoms with Crippen LogP contribution in [0.3, 0.4) is 0 Å². The van der Waals surface area contributed by atoms with Crippen molar-refractivity contribution in [2.45, 2.75) is 48.6 Å². The number of sulfone groups is 1. The Bertz CT molecular complexity index is 1090. The third-order valence-corrected chi connectivity index (χ3v) is 7.07. The second-order valence-electron chi connectivity index (χ2n) is 7.14. The summed E-state index contributed by atoms with van der Waals surface area (Å²) in [7, 11) is -3.70. The maximum Gasteiger partial charge on any atom is 0.249 e. The lowest BCUT2D eigenvalue weighted by Crippen LogP contribution is -2.05. The van der Waals surface area contributed by atoms with Crippen LogP contribution in [0.2, 0.25) is 0 Å². The Balaban J connectivity index is 1.51. The molecule has 0 spiro atoms. The molecule has 0 fully saturated rings. The van der Waals surface area contributed by atoms with Crippen LogP contribution in [0.4, 0.5) is 11.6 Å². The normalized spacial score (nSPS) is 15.6. The molecule has 0 radical (unpaired) electrons. The fourth-order valence-electron chi connectivity index (χ4n) is 4.21. The largest absolute Gasteiger partial charge is 0.322 e. The fourth-order valence-corrected chi connectivity index (χ4v) is 5.32. The molecule has 0 saturated carbocycles. The molecule has 3 aromatic rings. The van der Waals surface area contributed by atoms with E-state index in [1.165, 1.54) is 22.3 Å². The van der Waals surface area contributed by atoms with Gasteiger partial charge in [0.15, 0.2) is 0 Å². The van der Waals surface area contributed by atoms with Crippen LogP contribution in [0.15, 0.2) is 46.5 Å². The highest BCUT2D eigenvalue weighted by Crippen LogP contribution is 2.39. The lowest BCUT2D eigenvalue weighted by Gasteiger charge is -2.15. The molecule has 0 aliphatic heterocycles. The lowest BCUT2D eigenvalue weighted by molar-refractivity contribution is 0.588. The zero-order valence-corrected chi connectivity index (χ0v) is 15.6. The van der Waals surface area contributed by atoms with Crippen molar-refractivity contribution in [3.63, 3.8) is 0 Å². The van der Waals surface area contributed by atoms with E-state index in [1.54, 1.807) is 30.3 Å². The smallest absolute Gasteiger partial charge is 0.249 e. The number of aryl methyl sites for hydroxylation is 2. The summed E-state index contributed by atoms with van der Waals surface area (Å²) in [5.41, 5.74) is 6.60. The number of benzene rings is 2.